The molecule has 2 N–H and O–H groups in total. The predicted molar refractivity (Wildman–Crippen MR) is 107 cm³/mol. The molecule has 2 rings (SSSR count). The molecule has 0 aliphatic carbocycles. The highest BCUT2D eigenvalue weighted by Gasteiger charge is 2.14. The number of nitrogens with one attached hydrogen (secondary N) is 2. The van der Waals surface area contributed by atoms with Crippen molar-refractivity contribution in [2.45, 2.75) is 6.92 Å². The van der Waals surface area contributed by atoms with Crippen molar-refractivity contribution in [2.75, 3.05) is 38.8 Å². The van der Waals surface area contributed by atoms with Crippen molar-refractivity contribution in [3.05, 3.63) is 53.6 Å². The molecule has 8 heteroatoms. The molecule has 2 amide bonds. The van der Waals surface area contributed by atoms with Crippen LogP contribution in [0.5, 0.6) is 11.5 Å². The Kier molecular flexibility index (Phi) is 8.48. The summed E-state index contributed by atoms with van der Waals surface area (Å²) in [6.45, 7) is 2.67. The molecule has 0 aliphatic rings. The fraction of sp³-hybridized carbons (Fsp3) is 0.286. The van der Waals surface area contributed by atoms with Crippen LogP contribution in [0.2, 0.25) is 0 Å². The van der Waals surface area contributed by atoms with Crippen LogP contribution in [0.1, 0.15) is 22.8 Å². The van der Waals surface area contributed by atoms with Crippen LogP contribution in [0.3, 0.4) is 0 Å². The molecule has 0 saturated heterocycles. The van der Waals surface area contributed by atoms with Crippen molar-refractivity contribution >= 4 is 17.5 Å². The van der Waals surface area contributed by atoms with Crippen LogP contribution in [-0.2, 0) is 9.53 Å². The Bertz CT molecular complexity index is 892. The third-order valence-corrected chi connectivity index (χ3v) is 3.77. The maximum absolute atomic E-state index is 12.3. The highest BCUT2D eigenvalue weighted by molar-refractivity contribution is 6.04. The summed E-state index contributed by atoms with van der Waals surface area (Å²) in [4.78, 5) is 24.6. The lowest BCUT2D eigenvalue weighted by Gasteiger charge is -2.13. The number of benzene rings is 2. The van der Waals surface area contributed by atoms with E-state index in [0.29, 0.717) is 48.1 Å². The van der Waals surface area contributed by atoms with Gasteiger partial charge in [-0.15, -0.1) is 0 Å². The third-order valence-electron chi connectivity index (χ3n) is 3.77. The number of amides is 2. The molecule has 0 heterocycles. The van der Waals surface area contributed by atoms with E-state index in [2.05, 4.69) is 10.6 Å². The van der Waals surface area contributed by atoms with Gasteiger partial charge in [0.15, 0.2) is 18.1 Å². The first-order valence-electron chi connectivity index (χ1n) is 9.04. The summed E-state index contributed by atoms with van der Waals surface area (Å²) in [6.07, 6.45) is 0. The molecule has 152 valence electrons. The van der Waals surface area contributed by atoms with E-state index in [0.717, 1.165) is 0 Å². The Labute approximate surface area is 169 Å². The predicted octanol–water partition coefficient (Wildman–Crippen LogP) is 2.35. The fourth-order valence-corrected chi connectivity index (χ4v) is 2.45. The van der Waals surface area contributed by atoms with Crippen LogP contribution in [0, 0.1) is 11.3 Å². The highest BCUT2D eigenvalue weighted by atomic mass is 16.5. The molecule has 0 spiro atoms. The number of hydrogen-bond acceptors (Lipinski definition) is 6. The standard InChI is InChI=1S/C21H23N3O5/c1-3-28-19-12-15(13-22)8-9-18(19)29-14-20(25)24-17-7-5-4-6-16(17)21(26)23-10-11-27-2/h4-9,12H,3,10-11,14H2,1-2H3,(H,23,26)(H,24,25). The first kappa shape index (κ1) is 21.7. The number of nitrogens with zero attached hydrogens (tertiary/aromatic N) is 1. The van der Waals surface area contributed by atoms with Gasteiger partial charge in [0.1, 0.15) is 0 Å². The number of methoxy groups -OCH3 is 1. The Morgan fingerprint density at radius 2 is 1.90 bits per heavy atom. The second-order valence-corrected chi connectivity index (χ2v) is 5.84. The minimum Gasteiger partial charge on any atom is -0.490 e. The molecule has 0 saturated carbocycles. The maximum Gasteiger partial charge on any atom is 0.262 e. The largest absolute Gasteiger partial charge is 0.490 e. The van der Waals surface area contributed by atoms with Gasteiger partial charge in [0.25, 0.3) is 11.8 Å². The van der Waals surface area contributed by atoms with E-state index < -0.39 is 5.91 Å². The molecule has 0 aromatic heterocycles. The Hall–Kier alpha value is -3.57. The monoisotopic (exact) mass is 397 g/mol. The number of hydrogen-bond donors (Lipinski definition) is 2. The molecule has 0 aliphatic heterocycles. The van der Waals surface area contributed by atoms with E-state index in [-0.39, 0.29) is 12.5 Å². The second kappa shape index (κ2) is 11.3. The van der Waals surface area contributed by atoms with Gasteiger partial charge < -0.3 is 24.8 Å². The minimum atomic E-state index is -0.436. The maximum atomic E-state index is 12.3. The Morgan fingerprint density at radius 1 is 1.10 bits per heavy atom. The van der Waals surface area contributed by atoms with Gasteiger partial charge in [-0.05, 0) is 31.2 Å². The lowest BCUT2D eigenvalue weighted by molar-refractivity contribution is -0.118. The van der Waals surface area contributed by atoms with Gasteiger partial charge in [0.2, 0.25) is 0 Å². The minimum absolute atomic E-state index is 0.286. The Balaban J connectivity index is 2.02. The summed E-state index contributed by atoms with van der Waals surface area (Å²) in [5.41, 5.74) is 1.14. The average molecular weight is 397 g/mol. The number of rotatable bonds is 10. The molecule has 0 radical (unpaired) electrons. The molecule has 0 unspecified atom stereocenters. The Morgan fingerprint density at radius 3 is 2.62 bits per heavy atom. The number of nitriles is 1. The lowest BCUT2D eigenvalue weighted by Crippen LogP contribution is -2.29. The van der Waals surface area contributed by atoms with Gasteiger partial charge in [-0.1, -0.05) is 12.1 Å². The molecule has 0 atom stereocenters. The van der Waals surface area contributed by atoms with Crippen LogP contribution in [-0.4, -0.2) is 45.3 Å². The molecule has 2 aromatic rings. The summed E-state index contributed by atoms with van der Waals surface area (Å²) in [7, 11) is 1.55. The van der Waals surface area contributed by atoms with Crippen LogP contribution in [0.4, 0.5) is 5.69 Å². The normalized spacial score (nSPS) is 9.97. The number of anilines is 1. The zero-order chi connectivity index (χ0) is 21.1. The summed E-state index contributed by atoms with van der Waals surface area (Å²) in [5, 5.41) is 14.4. The van der Waals surface area contributed by atoms with Crippen molar-refractivity contribution < 1.29 is 23.8 Å². The number of para-hydroxylation sites is 1. The van der Waals surface area contributed by atoms with Crippen LogP contribution in [0.25, 0.3) is 0 Å². The summed E-state index contributed by atoms with van der Waals surface area (Å²) in [5.74, 6) is -0.0117. The quantitative estimate of drug-likeness (QED) is 0.596. The van der Waals surface area contributed by atoms with E-state index in [4.69, 9.17) is 19.5 Å². The SMILES string of the molecule is CCOc1cc(C#N)ccc1OCC(=O)Nc1ccccc1C(=O)NCCOC. The highest BCUT2D eigenvalue weighted by Crippen LogP contribution is 2.28. The van der Waals surface area contributed by atoms with E-state index in [1.807, 2.05) is 13.0 Å². The van der Waals surface area contributed by atoms with Gasteiger partial charge >= 0.3 is 0 Å². The van der Waals surface area contributed by atoms with E-state index in [1.165, 1.54) is 0 Å². The van der Waals surface area contributed by atoms with Crippen molar-refractivity contribution in [3.63, 3.8) is 0 Å². The van der Waals surface area contributed by atoms with Crippen LogP contribution >= 0.6 is 0 Å². The molecule has 2 aromatic carbocycles. The average Bonchev–Trinajstić information content (AvgIpc) is 2.73. The van der Waals surface area contributed by atoms with Gasteiger partial charge in [-0.3, -0.25) is 9.59 Å². The van der Waals surface area contributed by atoms with Crippen molar-refractivity contribution in [3.8, 4) is 17.6 Å². The number of carbonyl (C=O) groups excluding carboxylic acids is 2. The van der Waals surface area contributed by atoms with Crippen molar-refractivity contribution in [1.82, 2.24) is 5.32 Å². The fourth-order valence-electron chi connectivity index (χ4n) is 2.45. The lowest BCUT2D eigenvalue weighted by atomic mass is 10.1. The molecular weight excluding hydrogens is 374 g/mol. The molecule has 8 nitrogen and oxygen atoms in total. The van der Waals surface area contributed by atoms with Crippen molar-refractivity contribution in [1.29, 1.82) is 5.26 Å². The molecular formula is C21H23N3O5. The van der Waals surface area contributed by atoms with Crippen LogP contribution < -0.4 is 20.1 Å². The zero-order valence-corrected chi connectivity index (χ0v) is 16.4. The van der Waals surface area contributed by atoms with Crippen molar-refractivity contribution in [2.24, 2.45) is 0 Å². The zero-order valence-electron chi connectivity index (χ0n) is 16.4. The molecule has 29 heavy (non-hydrogen) atoms. The van der Waals surface area contributed by atoms with Gasteiger partial charge in [0.05, 0.1) is 36.1 Å². The number of ether oxygens (including phenoxy) is 3. The molecule has 0 fully saturated rings. The first-order chi connectivity index (χ1) is 14.1. The van der Waals surface area contributed by atoms with Crippen LogP contribution in [0.15, 0.2) is 42.5 Å². The summed E-state index contributed by atoms with van der Waals surface area (Å²) in [6, 6.07) is 13.4. The molecule has 0 bridgehead atoms. The summed E-state index contributed by atoms with van der Waals surface area (Å²) < 4.78 is 15.9. The third kappa shape index (κ3) is 6.52. The van der Waals surface area contributed by atoms with E-state index in [1.54, 1.807) is 49.6 Å². The van der Waals surface area contributed by atoms with Gasteiger partial charge in [0, 0.05) is 19.7 Å². The van der Waals surface area contributed by atoms with E-state index >= 15 is 0 Å². The second-order valence-electron chi connectivity index (χ2n) is 5.84. The number of carbonyl (C=O) groups is 2. The van der Waals surface area contributed by atoms with Gasteiger partial charge in [-0.2, -0.15) is 5.26 Å². The summed E-state index contributed by atoms with van der Waals surface area (Å²) >= 11 is 0. The smallest absolute Gasteiger partial charge is 0.262 e. The van der Waals surface area contributed by atoms with Gasteiger partial charge in [-0.25, -0.2) is 0 Å². The first-order valence-corrected chi connectivity index (χ1v) is 9.04. The topological polar surface area (TPSA) is 110 Å². The van der Waals surface area contributed by atoms with E-state index in [9.17, 15) is 9.59 Å².